The third kappa shape index (κ3) is 4.06. The quantitative estimate of drug-likeness (QED) is 0.634. The van der Waals surface area contributed by atoms with Crippen LogP contribution in [0.1, 0.15) is 24.6 Å². The SMILES string of the molecule is CCOC1CCN(c2cc(C)nc3cc(OCc4ccccc4)ccc23)C1. The number of pyridine rings is 1. The lowest BCUT2D eigenvalue weighted by molar-refractivity contribution is 0.0788. The van der Waals surface area contributed by atoms with Gasteiger partial charge in [-0.3, -0.25) is 4.98 Å². The molecular weight excluding hydrogens is 336 g/mol. The zero-order valence-corrected chi connectivity index (χ0v) is 16.0. The van der Waals surface area contributed by atoms with E-state index in [1.165, 1.54) is 11.1 Å². The molecule has 2 heterocycles. The molecule has 4 heteroatoms. The fourth-order valence-electron chi connectivity index (χ4n) is 3.73. The highest BCUT2D eigenvalue weighted by atomic mass is 16.5. The summed E-state index contributed by atoms with van der Waals surface area (Å²) in [6.45, 7) is 7.42. The zero-order chi connectivity index (χ0) is 18.6. The second-order valence-corrected chi connectivity index (χ2v) is 7.05. The molecule has 1 aliphatic rings. The second kappa shape index (κ2) is 7.97. The maximum atomic E-state index is 5.98. The lowest BCUT2D eigenvalue weighted by Gasteiger charge is -2.21. The molecule has 0 spiro atoms. The van der Waals surface area contributed by atoms with Crippen molar-refractivity contribution in [2.24, 2.45) is 0 Å². The number of fused-ring (bicyclic) bond motifs is 1. The Labute approximate surface area is 160 Å². The number of rotatable bonds is 6. The largest absolute Gasteiger partial charge is 0.489 e. The van der Waals surface area contributed by atoms with E-state index in [0.29, 0.717) is 12.7 Å². The molecule has 0 radical (unpaired) electrons. The Morgan fingerprint density at radius 3 is 2.78 bits per heavy atom. The van der Waals surface area contributed by atoms with Crippen LogP contribution in [0, 0.1) is 6.92 Å². The molecule has 4 rings (SSSR count). The van der Waals surface area contributed by atoms with Crippen LogP contribution in [-0.4, -0.2) is 30.8 Å². The molecule has 1 fully saturated rings. The molecule has 1 unspecified atom stereocenters. The van der Waals surface area contributed by atoms with E-state index in [1.54, 1.807) is 0 Å². The molecule has 1 aromatic heterocycles. The molecule has 0 N–H and O–H groups in total. The summed E-state index contributed by atoms with van der Waals surface area (Å²) in [5.41, 5.74) is 4.41. The smallest absolute Gasteiger partial charge is 0.122 e. The van der Waals surface area contributed by atoms with Crippen molar-refractivity contribution >= 4 is 16.6 Å². The highest BCUT2D eigenvalue weighted by Gasteiger charge is 2.24. The van der Waals surface area contributed by atoms with Crippen molar-refractivity contribution in [3.8, 4) is 5.75 Å². The van der Waals surface area contributed by atoms with Crippen LogP contribution in [0.25, 0.3) is 10.9 Å². The van der Waals surface area contributed by atoms with Crippen molar-refractivity contribution in [2.45, 2.75) is 33.0 Å². The van der Waals surface area contributed by atoms with Gasteiger partial charge in [0.15, 0.2) is 0 Å². The zero-order valence-electron chi connectivity index (χ0n) is 16.0. The number of aryl methyl sites for hydroxylation is 1. The maximum absolute atomic E-state index is 5.98. The van der Waals surface area contributed by atoms with E-state index in [9.17, 15) is 0 Å². The summed E-state index contributed by atoms with van der Waals surface area (Å²) in [4.78, 5) is 7.16. The van der Waals surface area contributed by atoms with Gasteiger partial charge in [0.25, 0.3) is 0 Å². The minimum Gasteiger partial charge on any atom is -0.489 e. The van der Waals surface area contributed by atoms with Gasteiger partial charge in [0.1, 0.15) is 12.4 Å². The Balaban J connectivity index is 1.57. The van der Waals surface area contributed by atoms with Gasteiger partial charge in [-0.15, -0.1) is 0 Å². The average Bonchev–Trinajstić information content (AvgIpc) is 3.15. The molecule has 1 atom stereocenters. The van der Waals surface area contributed by atoms with Crippen molar-refractivity contribution in [3.05, 3.63) is 65.9 Å². The summed E-state index contributed by atoms with van der Waals surface area (Å²) in [6, 6.07) is 18.6. The topological polar surface area (TPSA) is 34.6 Å². The first kappa shape index (κ1) is 17.8. The van der Waals surface area contributed by atoms with E-state index in [2.05, 4.69) is 43.0 Å². The van der Waals surface area contributed by atoms with E-state index >= 15 is 0 Å². The van der Waals surface area contributed by atoms with Crippen molar-refractivity contribution in [1.82, 2.24) is 4.98 Å². The number of benzene rings is 2. The van der Waals surface area contributed by atoms with Gasteiger partial charge in [-0.05, 0) is 44.0 Å². The summed E-state index contributed by atoms with van der Waals surface area (Å²) in [6.07, 6.45) is 1.40. The van der Waals surface area contributed by atoms with Crippen molar-refractivity contribution in [3.63, 3.8) is 0 Å². The predicted octanol–water partition coefficient (Wildman–Crippen LogP) is 4.74. The van der Waals surface area contributed by atoms with Crippen molar-refractivity contribution in [1.29, 1.82) is 0 Å². The molecule has 2 aromatic carbocycles. The number of nitrogens with zero attached hydrogens (tertiary/aromatic N) is 2. The van der Waals surface area contributed by atoms with Gasteiger partial charge in [-0.25, -0.2) is 0 Å². The van der Waals surface area contributed by atoms with Crippen LogP contribution >= 0.6 is 0 Å². The number of hydrogen-bond donors (Lipinski definition) is 0. The summed E-state index contributed by atoms with van der Waals surface area (Å²) < 4.78 is 11.8. The van der Waals surface area contributed by atoms with Gasteiger partial charge in [-0.2, -0.15) is 0 Å². The Hall–Kier alpha value is -2.59. The molecular formula is C23H26N2O2. The van der Waals surface area contributed by atoms with Crippen molar-refractivity contribution in [2.75, 3.05) is 24.6 Å². The van der Waals surface area contributed by atoms with Gasteiger partial charge in [-0.1, -0.05) is 30.3 Å². The third-order valence-corrected chi connectivity index (χ3v) is 5.02. The predicted molar refractivity (Wildman–Crippen MR) is 109 cm³/mol. The summed E-state index contributed by atoms with van der Waals surface area (Å²) in [7, 11) is 0. The molecule has 4 nitrogen and oxygen atoms in total. The van der Waals surface area contributed by atoms with Crippen LogP contribution in [0.4, 0.5) is 5.69 Å². The summed E-state index contributed by atoms with van der Waals surface area (Å²) in [5, 5.41) is 1.17. The Morgan fingerprint density at radius 1 is 1.11 bits per heavy atom. The lowest BCUT2D eigenvalue weighted by atomic mass is 10.1. The standard InChI is InChI=1S/C23H26N2O2/c1-3-26-20-11-12-25(15-20)23-13-17(2)24-22-14-19(9-10-21(22)23)27-16-18-7-5-4-6-8-18/h4-10,13-14,20H,3,11-12,15-16H2,1-2H3. The maximum Gasteiger partial charge on any atom is 0.122 e. The fourth-order valence-corrected chi connectivity index (χ4v) is 3.73. The van der Waals surface area contributed by atoms with Crippen LogP contribution in [-0.2, 0) is 11.3 Å². The Morgan fingerprint density at radius 2 is 1.96 bits per heavy atom. The first-order valence-electron chi connectivity index (χ1n) is 9.67. The van der Waals surface area contributed by atoms with Gasteiger partial charge in [0.05, 0.1) is 11.6 Å². The summed E-state index contributed by atoms with van der Waals surface area (Å²) in [5.74, 6) is 0.851. The van der Waals surface area contributed by atoms with Gasteiger partial charge >= 0.3 is 0 Å². The lowest BCUT2D eigenvalue weighted by Crippen LogP contribution is -2.23. The molecule has 0 aliphatic carbocycles. The second-order valence-electron chi connectivity index (χ2n) is 7.05. The molecule has 0 bridgehead atoms. The first-order valence-corrected chi connectivity index (χ1v) is 9.67. The van der Waals surface area contributed by atoms with E-state index in [-0.39, 0.29) is 0 Å². The number of hydrogen-bond acceptors (Lipinski definition) is 4. The van der Waals surface area contributed by atoms with E-state index in [1.807, 2.05) is 30.3 Å². The van der Waals surface area contributed by atoms with Crippen LogP contribution in [0.15, 0.2) is 54.6 Å². The highest BCUT2D eigenvalue weighted by Crippen LogP contribution is 2.32. The van der Waals surface area contributed by atoms with Crippen LogP contribution in [0.2, 0.25) is 0 Å². The molecule has 1 aliphatic heterocycles. The van der Waals surface area contributed by atoms with Gasteiger partial charge in [0, 0.05) is 42.5 Å². The van der Waals surface area contributed by atoms with Crippen LogP contribution in [0.3, 0.4) is 0 Å². The normalized spacial score (nSPS) is 16.8. The summed E-state index contributed by atoms with van der Waals surface area (Å²) >= 11 is 0. The fraction of sp³-hybridized carbons (Fsp3) is 0.348. The minimum absolute atomic E-state index is 0.326. The van der Waals surface area contributed by atoms with Crippen LogP contribution < -0.4 is 9.64 Å². The van der Waals surface area contributed by atoms with E-state index in [4.69, 9.17) is 14.5 Å². The first-order chi connectivity index (χ1) is 13.2. The highest BCUT2D eigenvalue weighted by molar-refractivity contribution is 5.93. The third-order valence-electron chi connectivity index (χ3n) is 5.02. The Kier molecular flexibility index (Phi) is 5.26. The van der Waals surface area contributed by atoms with Gasteiger partial charge in [0.2, 0.25) is 0 Å². The van der Waals surface area contributed by atoms with E-state index in [0.717, 1.165) is 48.6 Å². The van der Waals surface area contributed by atoms with Crippen LogP contribution in [0.5, 0.6) is 5.75 Å². The number of anilines is 1. The molecule has 0 saturated carbocycles. The number of ether oxygens (including phenoxy) is 2. The molecule has 0 amide bonds. The molecule has 3 aromatic rings. The molecule has 140 valence electrons. The average molecular weight is 362 g/mol. The monoisotopic (exact) mass is 362 g/mol. The molecule has 27 heavy (non-hydrogen) atoms. The number of aromatic nitrogens is 1. The van der Waals surface area contributed by atoms with Crippen molar-refractivity contribution < 1.29 is 9.47 Å². The van der Waals surface area contributed by atoms with Gasteiger partial charge < -0.3 is 14.4 Å². The Bertz CT molecular complexity index is 911. The van der Waals surface area contributed by atoms with E-state index < -0.39 is 0 Å². The minimum atomic E-state index is 0.326. The molecule has 1 saturated heterocycles.